The number of hydrogen-bond donors (Lipinski definition) is 0. The van der Waals surface area contributed by atoms with Gasteiger partial charge in [0.1, 0.15) is 17.2 Å². The third-order valence-electron chi connectivity index (χ3n) is 15.1. The van der Waals surface area contributed by atoms with E-state index in [1.807, 2.05) is 66.2 Å². The van der Waals surface area contributed by atoms with Crippen LogP contribution in [0.4, 0.5) is 0 Å². The molecule has 10 heteroatoms. The summed E-state index contributed by atoms with van der Waals surface area (Å²) in [5.74, 6) is 2.78. The Morgan fingerprint density at radius 2 is 0.656 bits per heavy atom. The Balaban J connectivity index is 0.000000235. The zero-order valence-corrected chi connectivity index (χ0v) is 67.4. The molecule has 0 radical (unpaired) electrons. The molecule has 0 aromatic heterocycles. The highest BCUT2D eigenvalue weighted by molar-refractivity contribution is 8.00. The second-order valence-electron chi connectivity index (χ2n) is 23.0. The molecular weight excluding hydrogens is 1320 g/mol. The molecule has 2 nitrogen and oxygen atoms in total. The van der Waals surface area contributed by atoms with E-state index in [1.54, 1.807) is 77.7 Å². The Labute approximate surface area is 614 Å². The van der Waals surface area contributed by atoms with Gasteiger partial charge in [-0.3, -0.25) is 0 Å². The van der Waals surface area contributed by atoms with Crippen molar-refractivity contribution in [2.24, 2.45) is 0 Å². The predicted octanol–water partition coefficient (Wildman–Crippen LogP) is 27.9. The largest absolute Gasteiger partial charge is 0.496 e. The highest BCUT2D eigenvalue weighted by Crippen LogP contribution is 2.34. The van der Waals surface area contributed by atoms with E-state index >= 15 is 0 Å². The molecule has 11 aromatic carbocycles. The standard InChI is InChI=1S/C14H14OS.C14H14S.C12H12S.2C10H14S.C9H12OS.C9H12S.C8H10S/c1-11-8-9-14(16-2)13(10-11)15-12-6-4-3-5-7-12;1-11-8-9-14(15-2)13(10-11)12-6-4-3-5-7-12;1-9-3-4-11-8-12(13-2)6-5-10(11)7-9;1-7-5-9(3)10(11-4)6-8(7)2;1-7-5-8(2)10(11-4)9(3)6-7;1-7-4-5-9(11-3)8(6-7)10-2;1-7-4-5-9(10-3)8(2)6-7;1-7-3-5-8(9-2)6-4-7/h3-10H,1-2H3;3-10H,1-2H3;3-8H,1-2H3;2*5-6H,1-4H3;4-6H,1-3H3;4-6H,1-3H3;3-6H,1-2H3. The van der Waals surface area contributed by atoms with Gasteiger partial charge in [-0.25, -0.2) is 0 Å². The minimum atomic E-state index is 0.878. The van der Waals surface area contributed by atoms with Gasteiger partial charge in [0, 0.05) is 39.2 Å². The molecule has 0 amide bonds. The van der Waals surface area contributed by atoms with Gasteiger partial charge >= 0.3 is 0 Å². The summed E-state index contributed by atoms with van der Waals surface area (Å²) in [4.78, 5) is 10.6. The van der Waals surface area contributed by atoms with Gasteiger partial charge in [0.2, 0.25) is 0 Å². The fourth-order valence-electron chi connectivity index (χ4n) is 9.90. The van der Waals surface area contributed by atoms with Crippen molar-refractivity contribution in [3.8, 4) is 28.4 Å². The van der Waals surface area contributed by atoms with Crippen LogP contribution < -0.4 is 9.47 Å². The van der Waals surface area contributed by atoms with Crippen molar-refractivity contribution in [2.45, 2.75) is 129 Å². The van der Waals surface area contributed by atoms with E-state index in [9.17, 15) is 0 Å². The van der Waals surface area contributed by atoms with E-state index < -0.39 is 0 Å². The Morgan fingerprint density at radius 3 is 1.18 bits per heavy atom. The quantitative estimate of drug-likeness (QED) is 0.110. The van der Waals surface area contributed by atoms with E-state index in [1.165, 1.54) is 128 Å². The fourth-order valence-corrected chi connectivity index (χ4v) is 14.4. The normalized spacial score (nSPS) is 10.1. The number of aryl methyl sites for hydroxylation is 13. The molecule has 0 aliphatic carbocycles. The van der Waals surface area contributed by atoms with Crippen LogP contribution in [0, 0.1) is 90.0 Å². The van der Waals surface area contributed by atoms with Gasteiger partial charge in [-0.15, -0.1) is 94.1 Å². The van der Waals surface area contributed by atoms with Crippen molar-refractivity contribution in [3.05, 3.63) is 291 Å². The second kappa shape index (κ2) is 44.9. The molecule has 0 spiro atoms. The summed E-state index contributed by atoms with van der Waals surface area (Å²) in [5.41, 5.74) is 20.1. The van der Waals surface area contributed by atoms with Gasteiger partial charge in [0.15, 0.2) is 0 Å². The van der Waals surface area contributed by atoms with E-state index in [2.05, 4.69) is 316 Å². The summed E-state index contributed by atoms with van der Waals surface area (Å²) in [6, 6.07) is 76.7. The van der Waals surface area contributed by atoms with E-state index in [4.69, 9.17) is 9.47 Å². The van der Waals surface area contributed by atoms with Crippen molar-refractivity contribution in [1.29, 1.82) is 0 Å². The van der Waals surface area contributed by atoms with Crippen molar-refractivity contribution < 1.29 is 9.47 Å². The van der Waals surface area contributed by atoms with Crippen molar-refractivity contribution in [1.82, 2.24) is 0 Å². The minimum absolute atomic E-state index is 0.878. The van der Waals surface area contributed by atoms with Gasteiger partial charge in [-0.05, 0) is 285 Å². The Kier molecular flexibility index (Phi) is 38.6. The first-order valence-corrected chi connectivity index (χ1v) is 41.6. The van der Waals surface area contributed by atoms with Crippen molar-refractivity contribution >= 4 is 105 Å². The van der Waals surface area contributed by atoms with Gasteiger partial charge in [-0.2, -0.15) is 0 Å². The topological polar surface area (TPSA) is 18.5 Å². The van der Waals surface area contributed by atoms with Crippen molar-refractivity contribution in [2.75, 3.05) is 57.2 Å². The third kappa shape index (κ3) is 28.9. The molecular formula is C86H102O2S8. The highest BCUT2D eigenvalue weighted by atomic mass is 32.2. The maximum atomic E-state index is 5.86. The second-order valence-corrected chi connectivity index (χ2v) is 29.9. The molecule has 11 rings (SSSR count). The molecule has 0 unspecified atom stereocenters. The lowest BCUT2D eigenvalue weighted by Gasteiger charge is -2.10. The molecule has 0 N–H and O–H groups in total. The van der Waals surface area contributed by atoms with Crippen LogP contribution in [-0.2, 0) is 0 Å². The van der Waals surface area contributed by atoms with E-state index in [0.29, 0.717) is 0 Å². The Hall–Kier alpha value is -5.92. The first kappa shape index (κ1) is 82.5. The monoisotopic (exact) mass is 1420 g/mol. The number of hydrogen-bond acceptors (Lipinski definition) is 10. The summed E-state index contributed by atoms with van der Waals surface area (Å²) < 4.78 is 11.1. The molecule has 11 aromatic rings. The number of thioether (sulfide) groups is 8. The number of methoxy groups -OCH3 is 1. The Morgan fingerprint density at radius 1 is 0.250 bits per heavy atom. The molecule has 0 saturated heterocycles. The maximum Gasteiger partial charge on any atom is 0.141 e. The molecule has 0 heterocycles. The number of fused-ring (bicyclic) bond motifs is 1. The fraction of sp³-hybridized carbons (Fsp3) is 0.256. The first-order chi connectivity index (χ1) is 46.0. The van der Waals surface area contributed by atoms with Gasteiger partial charge < -0.3 is 9.47 Å². The summed E-state index contributed by atoms with van der Waals surface area (Å²) in [6.45, 7) is 27.7. The van der Waals surface area contributed by atoms with Crippen molar-refractivity contribution in [3.63, 3.8) is 0 Å². The Bertz CT molecular complexity index is 4070. The lowest BCUT2D eigenvalue weighted by atomic mass is 10.0. The number of benzene rings is 11. The average Bonchev–Trinajstić information content (AvgIpc) is 0.881. The molecule has 0 bridgehead atoms. The third-order valence-corrected chi connectivity index (χ3v) is 21.7. The highest BCUT2D eigenvalue weighted by Gasteiger charge is 2.07. The summed E-state index contributed by atoms with van der Waals surface area (Å²) in [5, 5.41) is 2.66. The summed E-state index contributed by atoms with van der Waals surface area (Å²) in [7, 11) is 1.70. The molecule has 96 heavy (non-hydrogen) atoms. The van der Waals surface area contributed by atoms with Gasteiger partial charge in [-0.1, -0.05) is 167 Å². The van der Waals surface area contributed by atoms with Crippen LogP contribution in [0.1, 0.15) is 72.3 Å². The molecule has 0 saturated carbocycles. The van der Waals surface area contributed by atoms with Crippen LogP contribution in [0.15, 0.2) is 258 Å². The SMILES string of the molecule is COc1cc(C)ccc1SC.CSc1c(C)cc(C)cc1C.CSc1cc(C)c(C)cc1C.CSc1ccc(C)cc1.CSc1ccc(C)cc1-c1ccccc1.CSc1ccc(C)cc1C.CSc1ccc(C)cc1Oc1ccccc1.CSc1ccc2cc(C)ccc2c1. The van der Waals surface area contributed by atoms with Crippen LogP contribution in [0.3, 0.4) is 0 Å². The lowest BCUT2D eigenvalue weighted by Crippen LogP contribution is -1.87. The molecule has 0 aliphatic rings. The van der Waals surface area contributed by atoms with Gasteiger partial charge in [0.25, 0.3) is 0 Å². The first-order valence-electron chi connectivity index (χ1n) is 31.8. The van der Waals surface area contributed by atoms with E-state index in [0.717, 1.165) is 22.1 Å². The zero-order valence-electron chi connectivity index (χ0n) is 60.9. The van der Waals surface area contributed by atoms with Crippen LogP contribution >= 0.6 is 94.1 Å². The minimum Gasteiger partial charge on any atom is -0.496 e. The van der Waals surface area contributed by atoms with Crippen LogP contribution in [0.5, 0.6) is 17.2 Å². The van der Waals surface area contributed by atoms with Crippen LogP contribution in [-0.4, -0.2) is 57.2 Å². The molecule has 0 atom stereocenters. The maximum absolute atomic E-state index is 5.86. The van der Waals surface area contributed by atoms with Gasteiger partial charge in [0.05, 0.1) is 7.11 Å². The van der Waals surface area contributed by atoms with E-state index in [-0.39, 0.29) is 0 Å². The molecule has 0 fully saturated rings. The van der Waals surface area contributed by atoms with Crippen LogP contribution in [0.2, 0.25) is 0 Å². The smallest absolute Gasteiger partial charge is 0.141 e. The molecule has 506 valence electrons. The van der Waals surface area contributed by atoms with Crippen LogP contribution in [0.25, 0.3) is 21.9 Å². The predicted molar refractivity (Wildman–Crippen MR) is 443 cm³/mol. The number of rotatable bonds is 12. The molecule has 0 aliphatic heterocycles. The lowest BCUT2D eigenvalue weighted by molar-refractivity contribution is 0.404. The number of para-hydroxylation sites is 1. The average molecular weight is 1420 g/mol. The summed E-state index contributed by atoms with van der Waals surface area (Å²) >= 11 is 14.2. The summed E-state index contributed by atoms with van der Waals surface area (Å²) in [6.07, 6.45) is 16.8. The zero-order chi connectivity index (χ0) is 70.7. The number of ether oxygens (including phenoxy) is 2.